The highest BCUT2D eigenvalue weighted by Gasteiger charge is 2.41. The molecule has 2 aliphatic rings. The van der Waals surface area contributed by atoms with E-state index in [9.17, 15) is 4.79 Å². The van der Waals surface area contributed by atoms with Crippen LogP contribution in [-0.2, 0) is 0 Å². The number of amides is 2. The van der Waals surface area contributed by atoms with Crippen LogP contribution in [0.4, 0.5) is 4.79 Å². The van der Waals surface area contributed by atoms with E-state index in [4.69, 9.17) is 5.73 Å². The Morgan fingerprint density at radius 1 is 1.41 bits per heavy atom. The Balaban J connectivity index is 1.89. The van der Waals surface area contributed by atoms with Crippen LogP contribution in [-0.4, -0.2) is 47.5 Å². The van der Waals surface area contributed by atoms with Crippen molar-refractivity contribution in [1.29, 1.82) is 0 Å². The number of nitrogens with zero attached hydrogens (tertiary/aromatic N) is 2. The summed E-state index contributed by atoms with van der Waals surface area (Å²) in [6.45, 7) is 5.72. The quantitative estimate of drug-likeness (QED) is 0.811. The average Bonchev–Trinajstić information content (AvgIpc) is 2.40. The van der Waals surface area contributed by atoms with Gasteiger partial charge in [0.05, 0.1) is 6.04 Å². The molecule has 2 rings (SSSR count). The maximum Gasteiger partial charge on any atom is 0.320 e. The van der Waals surface area contributed by atoms with Gasteiger partial charge in [-0.05, 0) is 39.0 Å². The normalized spacial score (nSPS) is 26.6. The number of nitrogens with two attached hydrogens (primary N) is 1. The van der Waals surface area contributed by atoms with Gasteiger partial charge in [-0.25, -0.2) is 4.79 Å². The van der Waals surface area contributed by atoms with E-state index >= 15 is 0 Å². The van der Waals surface area contributed by atoms with Crippen LogP contribution in [0.1, 0.15) is 39.5 Å². The summed E-state index contributed by atoms with van der Waals surface area (Å²) in [4.78, 5) is 16.0. The van der Waals surface area contributed by atoms with Gasteiger partial charge in [0.15, 0.2) is 0 Å². The van der Waals surface area contributed by atoms with Crippen molar-refractivity contribution in [3.8, 4) is 0 Å². The predicted molar refractivity (Wildman–Crippen MR) is 68.7 cm³/mol. The minimum Gasteiger partial charge on any atom is -0.325 e. The third-order valence-electron chi connectivity index (χ3n) is 4.20. The van der Waals surface area contributed by atoms with Crippen LogP contribution in [0.15, 0.2) is 0 Å². The molecule has 1 atom stereocenters. The molecule has 4 heteroatoms. The van der Waals surface area contributed by atoms with Crippen molar-refractivity contribution in [2.45, 2.75) is 51.1 Å². The number of rotatable bonds is 4. The van der Waals surface area contributed by atoms with Gasteiger partial charge in [-0.1, -0.05) is 6.42 Å². The number of likely N-dealkylation sites (N-methyl/N-ethyl adjacent to an activating group) is 1. The Hall–Kier alpha value is -0.770. The molecule has 2 amide bonds. The molecule has 1 aliphatic carbocycles. The third-order valence-corrected chi connectivity index (χ3v) is 4.20. The Labute approximate surface area is 104 Å². The first-order chi connectivity index (χ1) is 7.88. The Kier molecular flexibility index (Phi) is 3.34. The van der Waals surface area contributed by atoms with E-state index in [1.807, 2.05) is 30.7 Å². The highest BCUT2D eigenvalue weighted by molar-refractivity contribution is 5.77. The standard InChI is InChI=1S/C13H25N3O/c1-13(2,14)7-8-16-9-11(10-5-4-6-10)15(3)12(16)17/h10-11H,4-9,14H2,1-3H3. The summed E-state index contributed by atoms with van der Waals surface area (Å²) in [7, 11) is 1.94. The smallest absolute Gasteiger partial charge is 0.320 e. The van der Waals surface area contributed by atoms with Crippen LogP contribution in [0.25, 0.3) is 0 Å². The SMILES string of the molecule is CN1C(=O)N(CCC(C)(C)N)CC1C1CCC1. The summed E-state index contributed by atoms with van der Waals surface area (Å²) in [6.07, 6.45) is 4.78. The van der Waals surface area contributed by atoms with Crippen molar-refractivity contribution >= 4 is 6.03 Å². The summed E-state index contributed by atoms with van der Waals surface area (Å²) >= 11 is 0. The lowest BCUT2D eigenvalue weighted by Crippen LogP contribution is -2.39. The molecule has 98 valence electrons. The lowest BCUT2D eigenvalue weighted by atomic mass is 9.79. The van der Waals surface area contributed by atoms with Crippen molar-refractivity contribution in [1.82, 2.24) is 9.80 Å². The zero-order valence-corrected chi connectivity index (χ0v) is 11.3. The highest BCUT2D eigenvalue weighted by atomic mass is 16.2. The predicted octanol–water partition coefficient (Wildman–Crippen LogP) is 1.65. The maximum absolute atomic E-state index is 12.1. The fraction of sp³-hybridized carbons (Fsp3) is 0.923. The van der Waals surface area contributed by atoms with Crippen LogP contribution < -0.4 is 5.73 Å². The average molecular weight is 239 g/mol. The third kappa shape index (κ3) is 2.73. The first-order valence-corrected chi connectivity index (χ1v) is 6.69. The summed E-state index contributed by atoms with van der Waals surface area (Å²) in [6, 6.07) is 0.628. The van der Waals surface area contributed by atoms with E-state index in [0.717, 1.165) is 25.4 Å². The molecule has 1 saturated carbocycles. The monoisotopic (exact) mass is 239 g/mol. The van der Waals surface area contributed by atoms with Gasteiger partial charge in [0, 0.05) is 25.7 Å². The van der Waals surface area contributed by atoms with Gasteiger partial charge in [-0.15, -0.1) is 0 Å². The Morgan fingerprint density at radius 3 is 2.53 bits per heavy atom. The molecule has 1 saturated heterocycles. The minimum absolute atomic E-state index is 0.186. The van der Waals surface area contributed by atoms with Crippen molar-refractivity contribution in [3.63, 3.8) is 0 Å². The zero-order valence-electron chi connectivity index (χ0n) is 11.3. The highest BCUT2D eigenvalue weighted by Crippen LogP contribution is 2.35. The lowest BCUT2D eigenvalue weighted by Gasteiger charge is -2.34. The molecule has 1 unspecified atom stereocenters. The van der Waals surface area contributed by atoms with Crippen LogP contribution in [0.2, 0.25) is 0 Å². The fourth-order valence-electron chi connectivity index (χ4n) is 2.69. The molecule has 0 radical (unpaired) electrons. The van der Waals surface area contributed by atoms with E-state index < -0.39 is 0 Å². The number of carbonyl (C=O) groups is 1. The second-order valence-electron chi connectivity index (χ2n) is 6.34. The maximum atomic E-state index is 12.1. The molecule has 1 aliphatic heterocycles. The molecular formula is C13H25N3O. The van der Waals surface area contributed by atoms with E-state index in [0.29, 0.717) is 6.04 Å². The van der Waals surface area contributed by atoms with Crippen molar-refractivity contribution in [3.05, 3.63) is 0 Å². The zero-order chi connectivity index (χ0) is 12.6. The molecule has 0 aromatic heterocycles. The molecule has 0 spiro atoms. The van der Waals surface area contributed by atoms with Gasteiger partial charge < -0.3 is 15.5 Å². The Bertz CT molecular complexity index is 294. The number of hydrogen-bond donors (Lipinski definition) is 1. The molecule has 17 heavy (non-hydrogen) atoms. The fourth-order valence-corrected chi connectivity index (χ4v) is 2.69. The summed E-state index contributed by atoms with van der Waals surface area (Å²) < 4.78 is 0. The van der Waals surface area contributed by atoms with Gasteiger partial charge in [0.2, 0.25) is 0 Å². The molecule has 0 aromatic carbocycles. The second-order valence-corrected chi connectivity index (χ2v) is 6.34. The Morgan fingerprint density at radius 2 is 2.06 bits per heavy atom. The van der Waals surface area contributed by atoms with E-state index in [1.54, 1.807) is 0 Å². The number of urea groups is 1. The van der Waals surface area contributed by atoms with Crippen LogP contribution >= 0.6 is 0 Å². The van der Waals surface area contributed by atoms with Crippen LogP contribution in [0.3, 0.4) is 0 Å². The molecule has 2 N–H and O–H groups in total. The van der Waals surface area contributed by atoms with E-state index in [2.05, 4.69) is 0 Å². The largest absolute Gasteiger partial charge is 0.325 e. The van der Waals surface area contributed by atoms with Gasteiger partial charge in [-0.3, -0.25) is 0 Å². The van der Waals surface area contributed by atoms with Gasteiger partial charge >= 0.3 is 6.03 Å². The van der Waals surface area contributed by atoms with E-state index in [1.165, 1.54) is 19.3 Å². The molecule has 2 fully saturated rings. The van der Waals surface area contributed by atoms with E-state index in [-0.39, 0.29) is 11.6 Å². The van der Waals surface area contributed by atoms with Crippen molar-refractivity contribution in [2.24, 2.45) is 11.7 Å². The summed E-state index contributed by atoms with van der Waals surface area (Å²) in [5, 5.41) is 0. The van der Waals surface area contributed by atoms with Crippen LogP contribution in [0, 0.1) is 5.92 Å². The summed E-state index contributed by atoms with van der Waals surface area (Å²) in [5.74, 6) is 0.736. The molecule has 0 aromatic rings. The topological polar surface area (TPSA) is 49.6 Å². The van der Waals surface area contributed by atoms with Crippen molar-refractivity contribution < 1.29 is 4.79 Å². The van der Waals surface area contributed by atoms with Gasteiger partial charge in [0.25, 0.3) is 0 Å². The minimum atomic E-state index is -0.187. The summed E-state index contributed by atoms with van der Waals surface area (Å²) in [5.41, 5.74) is 5.79. The second kappa shape index (κ2) is 4.48. The van der Waals surface area contributed by atoms with Crippen molar-refractivity contribution in [2.75, 3.05) is 20.1 Å². The molecule has 0 bridgehead atoms. The number of hydrogen-bond acceptors (Lipinski definition) is 2. The lowest BCUT2D eigenvalue weighted by molar-refractivity contribution is 0.163. The molecule has 1 heterocycles. The molecule has 4 nitrogen and oxygen atoms in total. The van der Waals surface area contributed by atoms with Gasteiger partial charge in [-0.2, -0.15) is 0 Å². The van der Waals surface area contributed by atoms with Gasteiger partial charge in [0.1, 0.15) is 0 Å². The number of carbonyl (C=O) groups excluding carboxylic acids is 1. The first kappa shape index (κ1) is 12.7. The van der Waals surface area contributed by atoms with Crippen LogP contribution in [0.5, 0.6) is 0 Å². The molecular weight excluding hydrogens is 214 g/mol. The first-order valence-electron chi connectivity index (χ1n) is 6.69.